The molecule has 0 bridgehead atoms. The fourth-order valence-electron chi connectivity index (χ4n) is 5.78. The van der Waals surface area contributed by atoms with Gasteiger partial charge in [-0.15, -0.1) is 0 Å². The summed E-state index contributed by atoms with van der Waals surface area (Å²) in [7, 11) is 0. The molecule has 2 saturated heterocycles. The summed E-state index contributed by atoms with van der Waals surface area (Å²) in [5, 5.41) is 6.69. The van der Waals surface area contributed by atoms with Crippen LogP contribution < -0.4 is 15.1 Å². The molecular weight excluding hydrogens is 322 g/mol. The molecule has 142 valence electrons. The molecule has 0 radical (unpaired) electrons. The average Bonchev–Trinajstić information content (AvgIpc) is 3.37. The van der Waals surface area contributed by atoms with Gasteiger partial charge in [-0.1, -0.05) is 12.8 Å². The van der Waals surface area contributed by atoms with Crippen molar-refractivity contribution < 1.29 is 4.79 Å². The van der Waals surface area contributed by atoms with E-state index in [1.165, 1.54) is 57.2 Å². The summed E-state index contributed by atoms with van der Waals surface area (Å²) >= 11 is 0. The molecule has 2 heterocycles. The Labute approximate surface area is 157 Å². The molecule has 1 amide bonds. The van der Waals surface area contributed by atoms with Crippen LogP contribution in [-0.4, -0.2) is 37.6 Å². The van der Waals surface area contributed by atoms with Crippen molar-refractivity contribution in [3.63, 3.8) is 0 Å². The second kappa shape index (κ2) is 7.69. The third kappa shape index (κ3) is 3.41. The minimum atomic E-state index is 0.183. The Bertz CT molecular complexity index is 617. The van der Waals surface area contributed by atoms with Crippen molar-refractivity contribution >= 4 is 17.3 Å². The van der Waals surface area contributed by atoms with Crippen molar-refractivity contribution in [3.8, 4) is 0 Å². The zero-order valence-electron chi connectivity index (χ0n) is 16.2. The molecule has 1 aromatic rings. The van der Waals surface area contributed by atoms with E-state index < -0.39 is 0 Å². The number of anilines is 1. The maximum atomic E-state index is 12.3. The summed E-state index contributed by atoms with van der Waals surface area (Å²) in [5.74, 6) is 0.784. The van der Waals surface area contributed by atoms with E-state index in [9.17, 15) is 4.79 Å². The summed E-state index contributed by atoms with van der Waals surface area (Å²) in [5.41, 5.74) is 2.38. The van der Waals surface area contributed by atoms with E-state index in [0.29, 0.717) is 24.4 Å². The molecule has 2 aliphatic heterocycles. The topological polar surface area (TPSA) is 41.1 Å². The third-order valence-corrected chi connectivity index (χ3v) is 7.20. The van der Waals surface area contributed by atoms with Crippen molar-refractivity contribution in [1.29, 1.82) is 0 Å². The molecule has 26 heavy (non-hydrogen) atoms. The molecule has 0 aromatic heterocycles. The SMILES string of the molecule is CC1CCC[N+]1(c1ccc(NC(=O)CC2CCCC2)cc1)C1CCNC1. The average molecular weight is 357 g/mol. The van der Waals surface area contributed by atoms with Gasteiger partial charge in [-0.2, -0.15) is 0 Å². The molecule has 3 fully saturated rings. The first-order valence-electron chi connectivity index (χ1n) is 10.7. The van der Waals surface area contributed by atoms with E-state index in [-0.39, 0.29) is 5.91 Å². The lowest BCUT2D eigenvalue weighted by Gasteiger charge is -2.43. The second-order valence-corrected chi connectivity index (χ2v) is 8.74. The van der Waals surface area contributed by atoms with Crippen molar-refractivity contribution in [1.82, 2.24) is 9.80 Å². The highest BCUT2D eigenvalue weighted by Crippen LogP contribution is 2.39. The van der Waals surface area contributed by atoms with E-state index in [1.807, 2.05) is 0 Å². The predicted molar refractivity (Wildman–Crippen MR) is 108 cm³/mol. The molecule has 4 nitrogen and oxygen atoms in total. The summed E-state index contributed by atoms with van der Waals surface area (Å²) in [6, 6.07) is 10.2. The van der Waals surface area contributed by atoms with Crippen LogP contribution in [0.4, 0.5) is 11.4 Å². The molecule has 2 N–H and O–H groups in total. The minimum Gasteiger partial charge on any atom is -0.326 e. The van der Waals surface area contributed by atoms with Crippen LogP contribution in [0.5, 0.6) is 0 Å². The van der Waals surface area contributed by atoms with E-state index in [4.69, 9.17) is 0 Å². The van der Waals surface area contributed by atoms with Crippen molar-refractivity contribution in [2.75, 3.05) is 25.0 Å². The third-order valence-electron chi connectivity index (χ3n) is 7.20. The Morgan fingerprint density at radius 1 is 1.12 bits per heavy atom. The number of benzene rings is 1. The number of nitrogens with zero attached hydrogens (tertiary/aromatic N) is 1. The Balaban J connectivity index is 1.46. The van der Waals surface area contributed by atoms with Crippen LogP contribution in [0.15, 0.2) is 24.3 Å². The molecule has 3 atom stereocenters. The Morgan fingerprint density at radius 2 is 1.88 bits per heavy atom. The number of rotatable bonds is 5. The fourth-order valence-corrected chi connectivity index (χ4v) is 5.78. The number of hydrogen-bond donors (Lipinski definition) is 2. The van der Waals surface area contributed by atoms with Gasteiger partial charge in [0.2, 0.25) is 5.91 Å². The van der Waals surface area contributed by atoms with Gasteiger partial charge in [0.25, 0.3) is 0 Å². The number of nitrogens with one attached hydrogen (secondary N) is 2. The quantitative estimate of drug-likeness (QED) is 0.781. The molecule has 4 rings (SSSR count). The fraction of sp³-hybridized carbons (Fsp3) is 0.682. The van der Waals surface area contributed by atoms with Crippen LogP contribution in [0.1, 0.15) is 58.3 Å². The van der Waals surface area contributed by atoms with Gasteiger partial charge >= 0.3 is 0 Å². The first-order chi connectivity index (χ1) is 12.7. The van der Waals surface area contributed by atoms with E-state index in [1.54, 1.807) is 0 Å². The van der Waals surface area contributed by atoms with Gasteiger partial charge < -0.3 is 10.6 Å². The maximum absolute atomic E-state index is 12.3. The summed E-state index contributed by atoms with van der Waals surface area (Å²) in [6.07, 6.45) is 9.62. The smallest absolute Gasteiger partial charge is 0.224 e. The molecule has 4 heteroatoms. The van der Waals surface area contributed by atoms with Gasteiger partial charge in [0.05, 0.1) is 12.6 Å². The molecule has 0 spiro atoms. The lowest BCUT2D eigenvalue weighted by molar-refractivity contribution is -0.117. The molecule has 1 saturated carbocycles. The minimum absolute atomic E-state index is 0.183. The number of carbonyl (C=O) groups is 1. The highest BCUT2D eigenvalue weighted by molar-refractivity contribution is 5.91. The van der Waals surface area contributed by atoms with Crippen LogP contribution in [0.3, 0.4) is 0 Å². The summed E-state index contributed by atoms with van der Waals surface area (Å²) < 4.78 is 1.13. The maximum Gasteiger partial charge on any atom is 0.224 e. The van der Waals surface area contributed by atoms with E-state index >= 15 is 0 Å². The molecule has 3 unspecified atom stereocenters. The van der Waals surface area contributed by atoms with Gasteiger partial charge in [-0.25, -0.2) is 0 Å². The standard InChI is InChI=1S/C22H33N3O/c1-17-5-4-14-25(17,21-12-13-23-16-21)20-10-8-19(9-11-20)24-22(26)15-18-6-2-3-7-18/h8-11,17-18,21,23H,2-7,12-16H2,1H3/p+1. The largest absolute Gasteiger partial charge is 0.326 e. The molecule has 3 aliphatic rings. The van der Waals surface area contributed by atoms with Gasteiger partial charge in [0, 0.05) is 56.6 Å². The van der Waals surface area contributed by atoms with Crippen molar-refractivity contribution in [2.45, 2.75) is 70.4 Å². The zero-order chi connectivity index (χ0) is 18.0. The summed E-state index contributed by atoms with van der Waals surface area (Å²) in [6.45, 7) is 5.94. The number of likely N-dealkylation sites (tertiary alicyclic amines) is 1. The second-order valence-electron chi connectivity index (χ2n) is 8.74. The van der Waals surface area contributed by atoms with E-state index in [0.717, 1.165) is 23.3 Å². The zero-order valence-corrected chi connectivity index (χ0v) is 16.2. The summed E-state index contributed by atoms with van der Waals surface area (Å²) in [4.78, 5) is 12.3. The predicted octanol–water partition coefficient (Wildman–Crippen LogP) is 4.06. The molecule has 1 aromatic carbocycles. The number of hydrogen-bond acceptors (Lipinski definition) is 2. The number of carbonyl (C=O) groups excluding carboxylic acids is 1. The first kappa shape index (κ1) is 18.0. The normalized spacial score (nSPS) is 32.2. The monoisotopic (exact) mass is 356 g/mol. The van der Waals surface area contributed by atoms with Gasteiger partial charge in [0.15, 0.2) is 0 Å². The lowest BCUT2D eigenvalue weighted by atomic mass is 10.0. The Morgan fingerprint density at radius 3 is 2.50 bits per heavy atom. The van der Waals surface area contributed by atoms with Gasteiger partial charge in [-0.3, -0.25) is 9.28 Å². The lowest BCUT2D eigenvalue weighted by Crippen LogP contribution is -2.59. The molecular formula is C22H34N3O+. The van der Waals surface area contributed by atoms with Crippen LogP contribution in [0.2, 0.25) is 0 Å². The molecule has 1 aliphatic carbocycles. The van der Waals surface area contributed by atoms with Gasteiger partial charge in [-0.05, 0) is 37.8 Å². The highest BCUT2D eigenvalue weighted by Gasteiger charge is 2.47. The van der Waals surface area contributed by atoms with Crippen LogP contribution in [0.25, 0.3) is 0 Å². The van der Waals surface area contributed by atoms with Crippen LogP contribution >= 0.6 is 0 Å². The van der Waals surface area contributed by atoms with Crippen LogP contribution in [-0.2, 0) is 4.79 Å². The Hall–Kier alpha value is -1.39. The highest BCUT2D eigenvalue weighted by atomic mass is 16.1. The number of amides is 1. The van der Waals surface area contributed by atoms with Crippen molar-refractivity contribution in [2.24, 2.45) is 5.92 Å². The first-order valence-corrected chi connectivity index (χ1v) is 10.7. The van der Waals surface area contributed by atoms with Crippen molar-refractivity contribution in [3.05, 3.63) is 24.3 Å². The number of quaternary nitrogens is 1. The van der Waals surface area contributed by atoms with Gasteiger partial charge in [0.1, 0.15) is 11.7 Å². The Kier molecular flexibility index (Phi) is 5.32. The van der Waals surface area contributed by atoms with Crippen LogP contribution in [0, 0.1) is 5.92 Å². The van der Waals surface area contributed by atoms with E-state index in [2.05, 4.69) is 41.8 Å².